The summed E-state index contributed by atoms with van der Waals surface area (Å²) in [5.41, 5.74) is 2.84. The van der Waals surface area contributed by atoms with E-state index in [9.17, 15) is 4.79 Å². The van der Waals surface area contributed by atoms with Crippen molar-refractivity contribution in [3.8, 4) is 0 Å². The van der Waals surface area contributed by atoms with Crippen LogP contribution in [0.3, 0.4) is 0 Å². The van der Waals surface area contributed by atoms with E-state index in [-0.39, 0.29) is 5.91 Å². The Hall–Kier alpha value is -1.88. The number of rotatable bonds is 5. The minimum atomic E-state index is -0.154. The van der Waals surface area contributed by atoms with Crippen molar-refractivity contribution in [1.29, 1.82) is 0 Å². The molecular formula is C19H21ClN2O2. The van der Waals surface area contributed by atoms with Gasteiger partial charge in [-0.15, -0.1) is 0 Å². The molecule has 4 nitrogen and oxygen atoms in total. The maximum absolute atomic E-state index is 12.2. The zero-order chi connectivity index (χ0) is 16.8. The predicted molar refractivity (Wildman–Crippen MR) is 95.2 cm³/mol. The van der Waals surface area contributed by atoms with E-state index in [1.165, 1.54) is 5.56 Å². The second kappa shape index (κ2) is 8.29. The van der Waals surface area contributed by atoms with Crippen molar-refractivity contribution in [2.45, 2.75) is 13.1 Å². The lowest BCUT2D eigenvalue weighted by atomic mass is 10.1. The maximum atomic E-state index is 12.2. The monoisotopic (exact) mass is 344 g/mol. The number of nitrogens with zero attached hydrogens (tertiary/aromatic N) is 1. The lowest BCUT2D eigenvalue weighted by Crippen LogP contribution is -2.35. The average Bonchev–Trinajstić information content (AvgIpc) is 2.61. The first kappa shape index (κ1) is 17.0. The Balaban J connectivity index is 1.58. The van der Waals surface area contributed by atoms with Gasteiger partial charge in [-0.3, -0.25) is 9.69 Å². The Kier molecular flexibility index (Phi) is 5.86. The van der Waals surface area contributed by atoms with E-state index in [0.717, 1.165) is 38.4 Å². The van der Waals surface area contributed by atoms with Gasteiger partial charge in [0.1, 0.15) is 0 Å². The summed E-state index contributed by atoms with van der Waals surface area (Å²) in [6, 6.07) is 15.4. The molecule has 0 aliphatic carbocycles. The number of hydrogen-bond acceptors (Lipinski definition) is 3. The van der Waals surface area contributed by atoms with E-state index >= 15 is 0 Å². The summed E-state index contributed by atoms with van der Waals surface area (Å²) in [6.45, 7) is 4.93. The van der Waals surface area contributed by atoms with Crippen LogP contribution in [0.5, 0.6) is 0 Å². The molecule has 1 fully saturated rings. The van der Waals surface area contributed by atoms with Gasteiger partial charge < -0.3 is 10.1 Å². The van der Waals surface area contributed by atoms with Crippen LogP contribution >= 0.6 is 11.6 Å². The molecule has 1 aliphatic rings. The predicted octanol–water partition coefficient (Wildman–Crippen LogP) is 3.10. The number of halogens is 1. The van der Waals surface area contributed by atoms with Crippen LogP contribution in [0.1, 0.15) is 21.5 Å². The van der Waals surface area contributed by atoms with Crippen LogP contribution in [0.2, 0.25) is 5.02 Å². The number of carbonyl (C=O) groups is 1. The van der Waals surface area contributed by atoms with Crippen molar-refractivity contribution < 1.29 is 9.53 Å². The minimum absolute atomic E-state index is 0.154. The summed E-state index contributed by atoms with van der Waals surface area (Å²) in [6.07, 6.45) is 0. The molecule has 0 saturated carbocycles. The Labute approximate surface area is 147 Å². The summed E-state index contributed by atoms with van der Waals surface area (Å²) in [5, 5.41) is 3.40. The second-order valence-corrected chi connectivity index (χ2v) is 6.28. The molecule has 1 saturated heterocycles. The van der Waals surface area contributed by atoms with Gasteiger partial charge >= 0.3 is 0 Å². The first-order valence-corrected chi connectivity index (χ1v) is 8.51. The fourth-order valence-electron chi connectivity index (χ4n) is 2.78. The minimum Gasteiger partial charge on any atom is -0.379 e. The molecule has 1 N–H and O–H groups in total. The molecule has 2 aromatic rings. The first-order chi connectivity index (χ1) is 11.7. The van der Waals surface area contributed by atoms with Crippen molar-refractivity contribution in [3.63, 3.8) is 0 Å². The molecular weight excluding hydrogens is 324 g/mol. The molecule has 0 spiro atoms. The third-order valence-electron chi connectivity index (χ3n) is 4.07. The fourth-order valence-corrected chi connectivity index (χ4v) is 3.00. The molecule has 0 bridgehead atoms. The lowest BCUT2D eigenvalue weighted by molar-refractivity contribution is 0.0342. The topological polar surface area (TPSA) is 41.6 Å². The smallest absolute Gasteiger partial charge is 0.253 e. The van der Waals surface area contributed by atoms with Gasteiger partial charge in [0.05, 0.1) is 23.8 Å². The highest BCUT2D eigenvalue weighted by atomic mass is 35.5. The van der Waals surface area contributed by atoms with E-state index in [2.05, 4.69) is 22.3 Å². The van der Waals surface area contributed by atoms with Crippen LogP contribution in [-0.2, 0) is 17.8 Å². The number of ether oxygens (including phenoxy) is 1. The molecule has 1 amide bonds. The first-order valence-electron chi connectivity index (χ1n) is 8.13. The van der Waals surface area contributed by atoms with Gasteiger partial charge in [0, 0.05) is 26.2 Å². The normalized spacial score (nSPS) is 15.2. The molecule has 0 radical (unpaired) electrons. The second-order valence-electron chi connectivity index (χ2n) is 5.87. The zero-order valence-electron chi connectivity index (χ0n) is 13.5. The largest absolute Gasteiger partial charge is 0.379 e. The van der Waals surface area contributed by atoms with E-state index in [0.29, 0.717) is 17.1 Å². The van der Waals surface area contributed by atoms with Crippen LogP contribution < -0.4 is 5.32 Å². The summed E-state index contributed by atoms with van der Waals surface area (Å²) >= 11 is 6.06. The van der Waals surface area contributed by atoms with Gasteiger partial charge in [-0.2, -0.15) is 0 Å². The highest BCUT2D eigenvalue weighted by Crippen LogP contribution is 2.15. The summed E-state index contributed by atoms with van der Waals surface area (Å²) in [4.78, 5) is 14.6. The van der Waals surface area contributed by atoms with Gasteiger partial charge in [-0.25, -0.2) is 0 Å². The molecule has 126 valence electrons. The third kappa shape index (κ3) is 4.57. The Morgan fingerprint density at radius 2 is 1.83 bits per heavy atom. The number of morpholine rings is 1. The van der Waals surface area contributed by atoms with Crippen molar-refractivity contribution >= 4 is 17.5 Å². The average molecular weight is 345 g/mol. The fraction of sp³-hybridized carbons (Fsp3) is 0.316. The standard InChI is InChI=1S/C19H21ClN2O2/c20-18-7-2-1-6-17(18)19(23)21-13-15-4-3-5-16(12-15)14-22-8-10-24-11-9-22/h1-7,12H,8-11,13-14H2,(H,21,23). The highest BCUT2D eigenvalue weighted by molar-refractivity contribution is 6.33. The molecule has 5 heteroatoms. The number of hydrogen-bond donors (Lipinski definition) is 1. The van der Waals surface area contributed by atoms with E-state index in [1.807, 2.05) is 24.3 Å². The van der Waals surface area contributed by atoms with Crippen molar-refractivity contribution in [2.24, 2.45) is 0 Å². The van der Waals surface area contributed by atoms with E-state index < -0.39 is 0 Å². The highest BCUT2D eigenvalue weighted by Gasteiger charge is 2.12. The van der Waals surface area contributed by atoms with Crippen molar-refractivity contribution in [3.05, 3.63) is 70.2 Å². The van der Waals surface area contributed by atoms with Gasteiger partial charge in [-0.1, -0.05) is 48.0 Å². The van der Waals surface area contributed by atoms with Crippen LogP contribution in [0.25, 0.3) is 0 Å². The molecule has 1 heterocycles. The molecule has 0 atom stereocenters. The van der Waals surface area contributed by atoms with Gasteiger partial charge in [0.15, 0.2) is 0 Å². The zero-order valence-corrected chi connectivity index (χ0v) is 14.3. The number of benzene rings is 2. The molecule has 1 aliphatic heterocycles. The Morgan fingerprint density at radius 1 is 1.08 bits per heavy atom. The van der Waals surface area contributed by atoms with Crippen LogP contribution in [0.15, 0.2) is 48.5 Å². The Morgan fingerprint density at radius 3 is 2.62 bits per heavy atom. The lowest BCUT2D eigenvalue weighted by Gasteiger charge is -2.26. The molecule has 3 rings (SSSR count). The van der Waals surface area contributed by atoms with Crippen LogP contribution in [-0.4, -0.2) is 37.1 Å². The van der Waals surface area contributed by atoms with Gasteiger partial charge in [0.2, 0.25) is 0 Å². The number of nitrogens with one attached hydrogen (secondary N) is 1. The number of carbonyl (C=O) groups excluding carboxylic acids is 1. The van der Waals surface area contributed by atoms with E-state index in [4.69, 9.17) is 16.3 Å². The van der Waals surface area contributed by atoms with Crippen LogP contribution in [0, 0.1) is 0 Å². The quantitative estimate of drug-likeness (QED) is 0.906. The molecule has 0 aromatic heterocycles. The van der Waals surface area contributed by atoms with Crippen LogP contribution in [0.4, 0.5) is 0 Å². The summed E-state index contributed by atoms with van der Waals surface area (Å²) < 4.78 is 5.38. The molecule has 0 unspecified atom stereocenters. The summed E-state index contributed by atoms with van der Waals surface area (Å²) in [5.74, 6) is -0.154. The van der Waals surface area contributed by atoms with Crippen molar-refractivity contribution in [1.82, 2.24) is 10.2 Å². The van der Waals surface area contributed by atoms with Gasteiger partial charge in [0.25, 0.3) is 5.91 Å². The maximum Gasteiger partial charge on any atom is 0.253 e. The van der Waals surface area contributed by atoms with E-state index in [1.54, 1.807) is 12.1 Å². The Bertz CT molecular complexity index is 699. The number of amides is 1. The third-order valence-corrected chi connectivity index (χ3v) is 4.40. The van der Waals surface area contributed by atoms with Gasteiger partial charge in [-0.05, 0) is 23.3 Å². The van der Waals surface area contributed by atoms with Crippen molar-refractivity contribution in [2.75, 3.05) is 26.3 Å². The summed E-state index contributed by atoms with van der Waals surface area (Å²) in [7, 11) is 0. The molecule has 24 heavy (non-hydrogen) atoms. The molecule has 2 aromatic carbocycles. The SMILES string of the molecule is O=C(NCc1cccc(CN2CCOCC2)c1)c1ccccc1Cl.